The van der Waals surface area contributed by atoms with Crippen LogP contribution in [0.1, 0.15) is 60.8 Å². The van der Waals surface area contributed by atoms with Crippen molar-refractivity contribution in [2.75, 3.05) is 0 Å². The molecule has 1 N–H and O–H groups in total. The van der Waals surface area contributed by atoms with Gasteiger partial charge in [-0.2, -0.15) is 0 Å². The first-order valence-corrected chi connectivity index (χ1v) is 20.5. The highest BCUT2D eigenvalue weighted by molar-refractivity contribution is 5.42. The number of hydrogen-bond acceptors (Lipinski definition) is 1. The van der Waals surface area contributed by atoms with Gasteiger partial charge in [-0.15, -0.1) is 0 Å². The number of fused-ring (bicyclic) bond motifs is 37. The first-order valence-electron chi connectivity index (χ1n) is 20.5. The molecule has 0 aromatic rings. The summed E-state index contributed by atoms with van der Waals surface area (Å²) in [5.41, 5.74) is 0. The van der Waals surface area contributed by atoms with Crippen molar-refractivity contribution in [1.29, 1.82) is 0 Å². The Hall–Kier alpha value is -0.0400. The summed E-state index contributed by atoms with van der Waals surface area (Å²) >= 11 is 0. The number of aliphatic hydroxyl groups is 1. The second kappa shape index (κ2) is 6.77. The van der Waals surface area contributed by atoms with Crippen LogP contribution in [0.5, 0.6) is 0 Å². The molecule has 1 heteroatoms. The molecule has 0 aromatic carbocycles. The first kappa shape index (κ1) is 24.2. The molecule has 0 aromatic heterocycles. The monoisotopic (exact) mass is 578 g/mol. The molecule has 0 saturated heterocycles. The van der Waals surface area contributed by atoms with Crippen LogP contribution in [0.4, 0.5) is 0 Å². The Kier molecular flexibility index (Phi) is 3.80. The lowest BCUT2D eigenvalue weighted by Gasteiger charge is -2.99. The third-order valence-corrected chi connectivity index (χ3v) is 22.5. The number of aliphatic hydroxyl groups excluding tert-OH is 1. The van der Waals surface area contributed by atoms with E-state index in [1.165, 1.54) is 142 Å². The van der Waals surface area contributed by atoms with E-state index < -0.39 is 0 Å². The Balaban J connectivity index is 0.687. The zero-order chi connectivity index (χ0) is 28.2. The average molecular weight is 579 g/mol. The highest BCUT2D eigenvalue weighted by Gasteiger charge is 2.96. The summed E-state index contributed by atoms with van der Waals surface area (Å²) in [7, 11) is 0. The van der Waals surface area contributed by atoms with E-state index in [9.17, 15) is 5.11 Å². The molecule has 14 rings (SSSR count). The van der Waals surface area contributed by atoms with Crippen LogP contribution in [0.25, 0.3) is 0 Å². The fourth-order valence-electron chi connectivity index (χ4n) is 22.0. The van der Waals surface area contributed by atoms with Crippen molar-refractivity contribution in [3.8, 4) is 0 Å². The zero-order valence-corrected chi connectivity index (χ0v) is 27.6. The molecular weight excluding hydrogens is 520 g/mol. The SMILES string of the molecule is CC(O)CC(C)C(C(C)C(C)C)C1CC2C1C1C2C2C1C1C2C2C1C1C2C2C3C4C5C6C7C8CC(C)C8C7C6C5C4C3C12. The molecule has 14 fully saturated rings. The molecule has 43 heavy (non-hydrogen) atoms. The van der Waals surface area contributed by atoms with Crippen molar-refractivity contribution in [2.24, 2.45) is 189 Å². The molecule has 0 radical (unpaired) electrons. The average Bonchev–Trinajstić information content (AvgIpc) is 2.89. The summed E-state index contributed by atoms with van der Waals surface area (Å²) in [6.07, 6.45) is 4.08. The Labute approximate surface area is 260 Å². The minimum absolute atomic E-state index is 0.136. The summed E-state index contributed by atoms with van der Waals surface area (Å²) < 4.78 is 0. The van der Waals surface area contributed by atoms with Crippen LogP contribution in [0.15, 0.2) is 0 Å². The number of hydrogen-bond donors (Lipinski definition) is 1. The van der Waals surface area contributed by atoms with E-state index >= 15 is 0 Å². The molecule has 232 valence electrons. The summed E-state index contributed by atoms with van der Waals surface area (Å²) in [5, 5.41) is 10.3. The van der Waals surface area contributed by atoms with E-state index in [0.717, 1.165) is 47.8 Å². The molecule has 0 heterocycles. The maximum atomic E-state index is 10.3. The van der Waals surface area contributed by atoms with Crippen LogP contribution in [-0.4, -0.2) is 11.2 Å². The molecular formula is C42H58O. The lowest BCUT2D eigenvalue weighted by molar-refractivity contribution is -0.529. The Bertz CT molecular complexity index is 1360. The van der Waals surface area contributed by atoms with E-state index in [1.807, 2.05) is 6.92 Å². The largest absolute Gasteiger partial charge is 0.393 e. The highest BCUT2D eigenvalue weighted by Crippen LogP contribution is 2.99. The molecule has 1 nitrogen and oxygen atoms in total. The van der Waals surface area contributed by atoms with Crippen LogP contribution in [0, 0.1) is 189 Å². The van der Waals surface area contributed by atoms with Gasteiger partial charge in [0.1, 0.15) is 0 Å². The lowest BCUT2D eigenvalue weighted by atomic mass is 9.05. The third-order valence-electron chi connectivity index (χ3n) is 22.5. The molecule has 32 unspecified atom stereocenters. The van der Waals surface area contributed by atoms with E-state index in [1.54, 1.807) is 12.8 Å². The fraction of sp³-hybridized carbons (Fsp3) is 1.00. The van der Waals surface area contributed by atoms with Gasteiger partial charge in [-0.05, 0) is 216 Å². The summed E-state index contributed by atoms with van der Waals surface area (Å²) in [5.74, 6) is 37.5. The predicted octanol–water partition coefficient (Wildman–Crippen LogP) is 7.55. The Morgan fingerprint density at radius 2 is 0.814 bits per heavy atom. The van der Waals surface area contributed by atoms with Crippen molar-refractivity contribution in [2.45, 2.75) is 66.9 Å². The second-order valence-corrected chi connectivity index (χ2v) is 22.0. The van der Waals surface area contributed by atoms with Crippen LogP contribution < -0.4 is 0 Å². The smallest absolute Gasteiger partial charge is 0.0514 e. The van der Waals surface area contributed by atoms with Gasteiger partial charge >= 0.3 is 0 Å². The lowest BCUT2D eigenvalue weighted by Crippen LogP contribution is -2.96. The number of rotatable bonds is 6. The van der Waals surface area contributed by atoms with E-state index in [4.69, 9.17) is 0 Å². The van der Waals surface area contributed by atoms with Gasteiger partial charge in [-0.1, -0.05) is 34.6 Å². The second-order valence-electron chi connectivity index (χ2n) is 22.0. The standard InChI is InChI=1S/C42H58O/c1-10(2)14(6)18(11(3)7-13(5)43)16-9-17-20(16)24-22(17)26-28(24)32-30(26)34-36(32)40-38(34)41-37-33-29-25-21-15-8-12(4)19(15)23(21)27(25)31(29)35(33)39(37)42(40)41/h10-43H,7-9H2,1-6H3. The predicted molar refractivity (Wildman–Crippen MR) is 166 cm³/mol. The molecule has 32 atom stereocenters. The summed E-state index contributed by atoms with van der Waals surface area (Å²) in [6.45, 7) is 14.7. The molecule has 14 saturated carbocycles. The van der Waals surface area contributed by atoms with Gasteiger partial charge in [0.2, 0.25) is 0 Å². The van der Waals surface area contributed by atoms with E-state index in [2.05, 4.69) is 34.6 Å². The first-order chi connectivity index (χ1) is 20.8. The van der Waals surface area contributed by atoms with E-state index in [-0.39, 0.29) is 6.10 Å². The van der Waals surface area contributed by atoms with Gasteiger partial charge in [0.15, 0.2) is 0 Å². The topological polar surface area (TPSA) is 20.2 Å². The normalized spacial score (nSPS) is 77.9. The molecule has 0 spiro atoms. The van der Waals surface area contributed by atoms with Crippen molar-refractivity contribution in [1.82, 2.24) is 0 Å². The van der Waals surface area contributed by atoms with Crippen molar-refractivity contribution < 1.29 is 5.11 Å². The molecule has 0 amide bonds. The van der Waals surface area contributed by atoms with Gasteiger partial charge in [0, 0.05) is 0 Å². The Morgan fingerprint density at radius 3 is 1.19 bits per heavy atom. The van der Waals surface area contributed by atoms with Crippen LogP contribution in [0.3, 0.4) is 0 Å². The van der Waals surface area contributed by atoms with Crippen molar-refractivity contribution in [3.05, 3.63) is 0 Å². The zero-order valence-electron chi connectivity index (χ0n) is 27.6. The van der Waals surface area contributed by atoms with Crippen molar-refractivity contribution in [3.63, 3.8) is 0 Å². The molecule has 0 aliphatic heterocycles. The fourth-order valence-corrected chi connectivity index (χ4v) is 22.0. The molecule has 14 aliphatic rings. The summed E-state index contributed by atoms with van der Waals surface area (Å²) in [6, 6.07) is 0. The minimum atomic E-state index is -0.136. The maximum absolute atomic E-state index is 10.3. The third kappa shape index (κ3) is 1.98. The molecule has 0 bridgehead atoms. The highest BCUT2D eigenvalue weighted by atomic mass is 16.3. The van der Waals surface area contributed by atoms with Gasteiger partial charge in [-0.3, -0.25) is 0 Å². The van der Waals surface area contributed by atoms with Crippen molar-refractivity contribution >= 4 is 0 Å². The van der Waals surface area contributed by atoms with Crippen LogP contribution in [0.2, 0.25) is 0 Å². The van der Waals surface area contributed by atoms with Gasteiger partial charge < -0.3 is 5.11 Å². The minimum Gasteiger partial charge on any atom is -0.393 e. The van der Waals surface area contributed by atoms with Gasteiger partial charge in [0.25, 0.3) is 0 Å². The molecule has 14 aliphatic carbocycles. The van der Waals surface area contributed by atoms with Crippen LogP contribution >= 0.6 is 0 Å². The quantitative estimate of drug-likeness (QED) is 0.323. The Morgan fingerprint density at radius 1 is 0.465 bits per heavy atom. The van der Waals surface area contributed by atoms with E-state index in [0.29, 0.717) is 5.92 Å². The van der Waals surface area contributed by atoms with Gasteiger partial charge in [-0.25, -0.2) is 0 Å². The maximum Gasteiger partial charge on any atom is 0.0514 e. The van der Waals surface area contributed by atoms with Crippen LogP contribution in [-0.2, 0) is 0 Å². The van der Waals surface area contributed by atoms with Gasteiger partial charge in [0.05, 0.1) is 6.10 Å². The summed E-state index contributed by atoms with van der Waals surface area (Å²) in [4.78, 5) is 0.